The molecule has 0 bridgehead atoms. The van der Waals surface area contributed by atoms with Crippen LogP contribution in [0, 0.1) is 5.41 Å². The van der Waals surface area contributed by atoms with E-state index in [4.69, 9.17) is 0 Å². The molecule has 1 atom stereocenters. The molecule has 0 heterocycles. The van der Waals surface area contributed by atoms with Crippen LogP contribution < -0.4 is 5.32 Å². The lowest BCUT2D eigenvalue weighted by atomic mass is 9.83. The van der Waals surface area contributed by atoms with Crippen LogP contribution in [0.4, 0.5) is 4.79 Å². The molecule has 0 saturated heterocycles. The summed E-state index contributed by atoms with van der Waals surface area (Å²) >= 11 is 0. The molecule has 2 N–H and O–H groups in total. The van der Waals surface area contributed by atoms with Crippen LogP contribution in [0.15, 0.2) is 30.3 Å². The molecule has 1 unspecified atom stereocenters. The third kappa shape index (κ3) is 6.48. The normalized spacial score (nSPS) is 13.6. The van der Waals surface area contributed by atoms with Gasteiger partial charge >= 0.3 is 6.03 Å². The maximum absolute atomic E-state index is 12.4. The highest BCUT2D eigenvalue weighted by Gasteiger charge is 2.28. The molecule has 4 nitrogen and oxygen atoms in total. The number of nitrogens with zero attached hydrogens (tertiary/aromatic N) is 1. The van der Waals surface area contributed by atoms with Crippen molar-refractivity contribution < 1.29 is 9.90 Å². The first-order chi connectivity index (χ1) is 9.99. The Balaban J connectivity index is 2.76. The maximum atomic E-state index is 12.4. The molecule has 0 aliphatic carbocycles. The Hall–Kier alpha value is -1.55. The Morgan fingerprint density at radius 3 is 2.18 bits per heavy atom. The Kier molecular flexibility index (Phi) is 6.00. The molecule has 0 aliphatic rings. The average Bonchev–Trinajstić information content (AvgIpc) is 2.36. The molecule has 2 amide bonds. The second-order valence-electron chi connectivity index (χ2n) is 7.73. The van der Waals surface area contributed by atoms with Gasteiger partial charge in [-0.05, 0) is 31.2 Å². The summed E-state index contributed by atoms with van der Waals surface area (Å²) in [6.07, 6.45) is 0.784. The van der Waals surface area contributed by atoms with Crippen LogP contribution in [0.2, 0.25) is 0 Å². The van der Waals surface area contributed by atoms with Gasteiger partial charge in [0.2, 0.25) is 0 Å². The minimum Gasteiger partial charge on any atom is -0.389 e. The van der Waals surface area contributed by atoms with Gasteiger partial charge in [0.15, 0.2) is 0 Å². The molecule has 0 fully saturated rings. The highest BCUT2D eigenvalue weighted by atomic mass is 16.3. The van der Waals surface area contributed by atoms with E-state index >= 15 is 0 Å². The van der Waals surface area contributed by atoms with Crippen LogP contribution in [-0.4, -0.2) is 41.3 Å². The van der Waals surface area contributed by atoms with Crippen LogP contribution in [0.25, 0.3) is 0 Å². The van der Waals surface area contributed by atoms with Crippen molar-refractivity contribution >= 4 is 6.03 Å². The van der Waals surface area contributed by atoms with Crippen molar-refractivity contribution in [1.82, 2.24) is 10.2 Å². The van der Waals surface area contributed by atoms with E-state index < -0.39 is 5.60 Å². The topological polar surface area (TPSA) is 52.6 Å². The van der Waals surface area contributed by atoms with Gasteiger partial charge in [-0.1, -0.05) is 51.1 Å². The van der Waals surface area contributed by atoms with Crippen LogP contribution in [0.5, 0.6) is 0 Å². The maximum Gasteiger partial charge on any atom is 0.317 e. The smallest absolute Gasteiger partial charge is 0.317 e. The third-order valence-corrected chi connectivity index (χ3v) is 3.60. The molecular formula is C18H30N2O2. The number of amides is 2. The highest BCUT2D eigenvalue weighted by Crippen LogP contribution is 2.23. The quantitative estimate of drug-likeness (QED) is 0.878. The number of nitrogens with one attached hydrogen (secondary N) is 1. The second kappa shape index (κ2) is 7.14. The van der Waals surface area contributed by atoms with Crippen molar-refractivity contribution in [3.8, 4) is 0 Å². The van der Waals surface area contributed by atoms with Gasteiger partial charge in [-0.25, -0.2) is 4.79 Å². The first kappa shape index (κ1) is 18.5. The van der Waals surface area contributed by atoms with E-state index in [0.717, 1.165) is 6.42 Å². The molecule has 22 heavy (non-hydrogen) atoms. The number of carbonyl (C=O) groups excluding carboxylic acids is 1. The summed E-state index contributed by atoms with van der Waals surface area (Å²) in [6, 6.07) is 10.0. The zero-order chi connectivity index (χ0) is 17.0. The average molecular weight is 306 g/mol. The predicted molar refractivity (Wildman–Crippen MR) is 90.8 cm³/mol. The van der Waals surface area contributed by atoms with Crippen LogP contribution in [0.1, 0.15) is 40.2 Å². The van der Waals surface area contributed by atoms with E-state index in [9.17, 15) is 9.90 Å². The molecule has 0 aromatic heterocycles. The summed E-state index contributed by atoms with van der Waals surface area (Å²) in [4.78, 5) is 13.9. The fourth-order valence-corrected chi connectivity index (χ4v) is 2.33. The Morgan fingerprint density at radius 1 is 1.18 bits per heavy atom. The van der Waals surface area contributed by atoms with E-state index in [2.05, 4.69) is 38.2 Å². The van der Waals surface area contributed by atoms with Crippen LogP contribution >= 0.6 is 0 Å². The van der Waals surface area contributed by atoms with Gasteiger partial charge < -0.3 is 15.3 Å². The molecule has 124 valence electrons. The lowest BCUT2D eigenvalue weighted by Gasteiger charge is -2.34. The minimum atomic E-state index is -0.900. The van der Waals surface area contributed by atoms with Crippen molar-refractivity contribution in [2.45, 2.75) is 52.7 Å². The number of benzene rings is 1. The molecule has 0 spiro atoms. The first-order valence-corrected chi connectivity index (χ1v) is 7.77. The largest absolute Gasteiger partial charge is 0.389 e. The fourth-order valence-electron chi connectivity index (χ4n) is 2.33. The summed E-state index contributed by atoms with van der Waals surface area (Å²) < 4.78 is 0. The van der Waals surface area contributed by atoms with Gasteiger partial charge in [0.05, 0.1) is 12.1 Å². The SMILES string of the molecule is CN(CC(C)(C)O)C(=O)NC(Cc1ccccc1)C(C)(C)C. The second-order valence-corrected chi connectivity index (χ2v) is 7.73. The highest BCUT2D eigenvalue weighted by molar-refractivity contribution is 5.74. The monoisotopic (exact) mass is 306 g/mol. The first-order valence-electron chi connectivity index (χ1n) is 7.77. The van der Waals surface area contributed by atoms with E-state index in [1.54, 1.807) is 20.9 Å². The zero-order valence-corrected chi connectivity index (χ0v) is 14.7. The molecule has 0 saturated carbocycles. The fraction of sp³-hybridized carbons (Fsp3) is 0.611. The number of hydrogen-bond donors (Lipinski definition) is 2. The van der Waals surface area contributed by atoms with E-state index in [-0.39, 0.29) is 17.5 Å². The van der Waals surface area contributed by atoms with Crippen molar-refractivity contribution in [2.75, 3.05) is 13.6 Å². The number of aliphatic hydroxyl groups is 1. The van der Waals surface area contributed by atoms with Crippen molar-refractivity contribution in [3.05, 3.63) is 35.9 Å². The van der Waals surface area contributed by atoms with E-state index in [1.807, 2.05) is 18.2 Å². The van der Waals surface area contributed by atoms with Crippen LogP contribution in [0.3, 0.4) is 0 Å². The number of rotatable bonds is 5. The number of carbonyl (C=O) groups is 1. The van der Waals surface area contributed by atoms with Crippen LogP contribution in [-0.2, 0) is 6.42 Å². The number of likely N-dealkylation sites (N-methyl/N-ethyl adjacent to an activating group) is 1. The lowest BCUT2D eigenvalue weighted by Crippen LogP contribution is -2.52. The van der Waals surface area contributed by atoms with Crippen molar-refractivity contribution in [3.63, 3.8) is 0 Å². The molecule has 4 heteroatoms. The van der Waals surface area contributed by atoms with Crippen molar-refractivity contribution in [1.29, 1.82) is 0 Å². The van der Waals surface area contributed by atoms with Gasteiger partial charge in [-0.2, -0.15) is 0 Å². The Morgan fingerprint density at radius 2 is 1.73 bits per heavy atom. The van der Waals surface area contributed by atoms with E-state index in [0.29, 0.717) is 6.54 Å². The number of hydrogen-bond acceptors (Lipinski definition) is 2. The molecular weight excluding hydrogens is 276 g/mol. The van der Waals surface area contributed by atoms with Gasteiger partial charge in [0.25, 0.3) is 0 Å². The Bertz CT molecular complexity index is 472. The molecule has 0 radical (unpaired) electrons. The van der Waals surface area contributed by atoms with Gasteiger partial charge in [-0.15, -0.1) is 0 Å². The Labute approximate surface area is 134 Å². The van der Waals surface area contributed by atoms with E-state index in [1.165, 1.54) is 10.5 Å². The molecule has 1 rings (SSSR count). The summed E-state index contributed by atoms with van der Waals surface area (Å²) in [7, 11) is 1.70. The molecule has 1 aromatic rings. The van der Waals surface area contributed by atoms with Gasteiger partial charge in [0, 0.05) is 13.1 Å². The predicted octanol–water partition coefficient (Wildman–Crippen LogP) is 3.06. The molecule has 0 aliphatic heterocycles. The van der Waals surface area contributed by atoms with Crippen molar-refractivity contribution in [2.24, 2.45) is 5.41 Å². The molecule has 1 aromatic carbocycles. The third-order valence-electron chi connectivity index (χ3n) is 3.60. The zero-order valence-electron chi connectivity index (χ0n) is 14.7. The summed E-state index contributed by atoms with van der Waals surface area (Å²) in [5, 5.41) is 12.9. The standard InChI is InChI=1S/C18H30N2O2/c1-17(2,3)15(12-14-10-8-7-9-11-14)19-16(21)20(6)13-18(4,5)22/h7-11,15,22H,12-13H2,1-6H3,(H,19,21). The number of urea groups is 1. The summed E-state index contributed by atoms with van der Waals surface area (Å²) in [5.41, 5.74) is 0.247. The van der Waals surface area contributed by atoms with Gasteiger partial charge in [-0.3, -0.25) is 0 Å². The summed E-state index contributed by atoms with van der Waals surface area (Å²) in [5.74, 6) is 0. The van der Waals surface area contributed by atoms with Gasteiger partial charge in [0.1, 0.15) is 0 Å². The summed E-state index contributed by atoms with van der Waals surface area (Å²) in [6.45, 7) is 10.1. The lowest BCUT2D eigenvalue weighted by molar-refractivity contribution is 0.0520. The minimum absolute atomic E-state index is 0.0201.